The van der Waals surface area contributed by atoms with E-state index >= 15 is 0 Å². The third-order valence-corrected chi connectivity index (χ3v) is 4.85. The number of carbonyl (C=O) groups excluding carboxylic acids is 2. The van der Waals surface area contributed by atoms with Crippen LogP contribution in [0.25, 0.3) is 0 Å². The molecule has 1 amide bonds. The fourth-order valence-corrected chi connectivity index (χ4v) is 3.50. The van der Waals surface area contributed by atoms with E-state index in [0.717, 1.165) is 10.5 Å². The van der Waals surface area contributed by atoms with Crippen LogP contribution in [0.3, 0.4) is 0 Å². The van der Waals surface area contributed by atoms with Gasteiger partial charge in [0.05, 0.1) is 5.69 Å². The van der Waals surface area contributed by atoms with Gasteiger partial charge >= 0.3 is 6.09 Å². The summed E-state index contributed by atoms with van der Waals surface area (Å²) in [5, 5.41) is 2.76. The first-order valence-electron chi connectivity index (χ1n) is 9.44. The van der Waals surface area contributed by atoms with E-state index in [1.165, 1.54) is 0 Å². The van der Waals surface area contributed by atoms with Gasteiger partial charge in [0.15, 0.2) is 0 Å². The van der Waals surface area contributed by atoms with Crippen LogP contribution < -0.4 is 5.32 Å². The van der Waals surface area contributed by atoms with Gasteiger partial charge in [-0.3, -0.25) is 19.4 Å². The molecule has 0 aliphatic heterocycles. The Labute approximate surface area is 177 Å². The summed E-state index contributed by atoms with van der Waals surface area (Å²) in [5.74, 6) is -0.405. The van der Waals surface area contributed by atoms with Crippen molar-refractivity contribution in [1.29, 1.82) is 0 Å². The van der Waals surface area contributed by atoms with Gasteiger partial charge in [-0.1, -0.05) is 12.1 Å². The number of Topliss-reactive ketones (excluding diaryl/α,β-unsaturated/α-hetero) is 1. The Kier molecular flexibility index (Phi) is 7.81. The quantitative estimate of drug-likeness (QED) is 0.648. The largest absolute Gasteiger partial charge is 0.444 e. The first-order valence-corrected chi connectivity index (χ1v) is 10.2. The number of hydrogen-bond donors (Lipinski definition) is 1. The molecular formula is C22H29N3O3S. The fourth-order valence-electron chi connectivity index (χ4n) is 2.82. The summed E-state index contributed by atoms with van der Waals surface area (Å²) in [6, 6.07) is 9.82. The van der Waals surface area contributed by atoms with E-state index in [1.54, 1.807) is 58.1 Å². The van der Waals surface area contributed by atoms with E-state index in [-0.39, 0.29) is 5.78 Å². The maximum atomic E-state index is 12.4. The highest BCUT2D eigenvalue weighted by molar-refractivity contribution is 7.97. The topological polar surface area (TPSA) is 71.5 Å². The third-order valence-electron chi connectivity index (χ3n) is 4.00. The van der Waals surface area contributed by atoms with Crippen molar-refractivity contribution in [2.24, 2.45) is 0 Å². The van der Waals surface area contributed by atoms with E-state index in [1.807, 2.05) is 42.7 Å². The number of carbonyl (C=O) groups is 2. The van der Waals surface area contributed by atoms with Crippen molar-refractivity contribution in [1.82, 2.24) is 9.29 Å². The molecule has 29 heavy (non-hydrogen) atoms. The zero-order valence-corrected chi connectivity index (χ0v) is 18.7. The molecule has 2 aromatic rings. The second-order valence-electron chi connectivity index (χ2n) is 8.00. The number of hydrogen-bond acceptors (Lipinski definition) is 6. The van der Waals surface area contributed by atoms with E-state index < -0.39 is 17.6 Å². The molecule has 1 N–H and O–H groups in total. The van der Waals surface area contributed by atoms with E-state index in [9.17, 15) is 9.59 Å². The van der Waals surface area contributed by atoms with Gasteiger partial charge in [-0.15, -0.1) is 0 Å². The summed E-state index contributed by atoms with van der Waals surface area (Å²) in [6.07, 6.45) is 3.18. The SMILES string of the molecule is CC(=O)C(Cc1ccc(SN(C)C)cc1)c1cnccc1NC(=O)OC(C)(C)C. The van der Waals surface area contributed by atoms with Gasteiger partial charge in [-0.2, -0.15) is 0 Å². The zero-order chi connectivity index (χ0) is 21.6. The van der Waals surface area contributed by atoms with Crippen molar-refractivity contribution in [3.63, 3.8) is 0 Å². The summed E-state index contributed by atoms with van der Waals surface area (Å²) < 4.78 is 7.36. The molecule has 1 heterocycles. The lowest BCUT2D eigenvalue weighted by atomic mass is 9.89. The number of nitrogens with zero attached hydrogens (tertiary/aromatic N) is 2. The monoisotopic (exact) mass is 415 g/mol. The van der Waals surface area contributed by atoms with Crippen LogP contribution in [0, 0.1) is 0 Å². The molecule has 0 bridgehead atoms. The number of anilines is 1. The van der Waals surface area contributed by atoms with Crippen LogP contribution >= 0.6 is 11.9 Å². The average Bonchev–Trinajstić information content (AvgIpc) is 2.59. The van der Waals surface area contributed by atoms with E-state index in [4.69, 9.17) is 4.74 Å². The summed E-state index contributed by atoms with van der Waals surface area (Å²) >= 11 is 1.64. The highest BCUT2D eigenvalue weighted by Crippen LogP contribution is 2.29. The van der Waals surface area contributed by atoms with Crippen molar-refractivity contribution < 1.29 is 14.3 Å². The Morgan fingerprint density at radius 1 is 1.17 bits per heavy atom. The molecule has 0 aliphatic rings. The van der Waals surface area contributed by atoms with Crippen LogP contribution in [-0.4, -0.2) is 40.9 Å². The molecule has 1 aromatic carbocycles. The lowest BCUT2D eigenvalue weighted by molar-refractivity contribution is -0.118. The Morgan fingerprint density at radius 3 is 2.38 bits per heavy atom. The first-order chi connectivity index (χ1) is 13.5. The van der Waals surface area contributed by atoms with Crippen LogP contribution in [0.1, 0.15) is 44.7 Å². The minimum atomic E-state index is -0.608. The molecule has 0 saturated heterocycles. The molecule has 0 aliphatic carbocycles. The summed E-state index contributed by atoms with van der Waals surface area (Å²) in [5.41, 5.74) is 1.65. The number of pyridine rings is 1. The van der Waals surface area contributed by atoms with Crippen LogP contribution in [-0.2, 0) is 16.0 Å². The molecule has 0 spiro atoms. The second-order valence-corrected chi connectivity index (χ2v) is 9.39. The van der Waals surface area contributed by atoms with Gasteiger partial charge in [0.25, 0.3) is 0 Å². The van der Waals surface area contributed by atoms with Crippen molar-refractivity contribution in [3.05, 3.63) is 53.9 Å². The lowest BCUT2D eigenvalue weighted by Gasteiger charge is -2.22. The smallest absolute Gasteiger partial charge is 0.412 e. The molecule has 1 unspecified atom stereocenters. The van der Waals surface area contributed by atoms with Crippen molar-refractivity contribution >= 4 is 29.5 Å². The Morgan fingerprint density at radius 2 is 1.83 bits per heavy atom. The zero-order valence-electron chi connectivity index (χ0n) is 17.9. The predicted molar refractivity (Wildman–Crippen MR) is 117 cm³/mol. The Balaban J connectivity index is 2.23. The summed E-state index contributed by atoms with van der Waals surface area (Å²) in [4.78, 5) is 30.0. The number of amides is 1. The molecule has 6 nitrogen and oxygen atoms in total. The third kappa shape index (κ3) is 7.51. The lowest BCUT2D eigenvalue weighted by Crippen LogP contribution is -2.28. The molecule has 7 heteroatoms. The van der Waals surface area contributed by atoms with Crippen molar-refractivity contribution in [3.8, 4) is 0 Å². The number of ether oxygens (including phenoxy) is 1. The number of ketones is 1. The standard InChI is InChI=1S/C22H29N3O3S/c1-15(26)18(13-16-7-9-17(10-8-16)29-25(5)6)19-14-23-12-11-20(19)24-21(27)28-22(2,3)4/h7-12,14,18H,13H2,1-6H3,(H,23,24,27). The minimum absolute atomic E-state index is 0.0111. The maximum absolute atomic E-state index is 12.4. The molecule has 2 rings (SSSR count). The molecular weight excluding hydrogens is 386 g/mol. The van der Waals surface area contributed by atoms with E-state index in [0.29, 0.717) is 17.7 Å². The highest BCUT2D eigenvalue weighted by Gasteiger charge is 2.23. The maximum Gasteiger partial charge on any atom is 0.412 e. The predicted octanol–water partition coefficient (Wildman–Crippen LogP) is 4.91. The molecule has 1 aromatic heterocycles. The van der Waals surface area contributed by atoms with Crippen molar-refractivity contribution in [2.75, 3.05) is 19.4 Å². The van der Waals surface area contributed by atoms with Crippen molar-refractivity contribution in [2.45, 2.75) is 50.5 Å². The molecule has 0 radical (unpaired) electrons. The molecule has 1 atom stereocenters. The van der Waals surface area contributed by atoms with Gasteiger partial charge in [0.1, 0.15) is 11.4 Å². The number of aromatic nitrogens is 1. The summed E-state index contributed by atoms with van der Waals surface area (Å²) in [7, 11) is 3.98. The Hall–Kier alpha value is -2.38. The second kappa shape index (κ2) is 9.89. The van der Waals surface area contributed by atoms with Crippen LogP contribution in [0.2, 0.25) is 0 Å². The number of rotatable bonds is 7. The van der Waals surface area contributed by atoms with Gasteiger partial charge < -0.3 is 4.74 Å². The molecule has 0 fully saturated rings. The average molecular weight is 416 g/mol. The summed E-state index contributed by atoms with van der Waals surface area (Å²) in [6.45, 7) is 6.97. The van der Waals surface area contributed by atoms with E-state index in [2.05, 4.69) is 10.3 Å². The van der Waals surface area contributed by atoms with Crippen LogP contribution in [0.4, 0.5) is 10.5 Å². The number of nitrogens with one attached hydrogen (secondary N) is 1. The fraction of sp³-hybridized carbons (Fsp3) is 0.409. The normalized spacial score (nSPS) is 12.5. The first kappa shape index (κ1) is 22.9. The number of benzene rings is 1. The van der Waals surface area contributed by atoms with Crippen LogP contribution in [0.15, 0.2) is 47.6 Å². The van der Waals surface area contributed by atoms with Gasteiger partial charge in [0, 0.05) is 28.8 Å². The highest BCUT2D eigenvalue weighted by atomic mass is 32.2. The van der Waals surface area contributed by atoms with Gasteiger partial charge in [0.2, 0.25) is 0 Å². The van der Waals surface area contributed by atoms with Gasteiger partial charge in [-0.25, -0.2) is 4.79 Å². The molecule has 156 valence electrons. The Bertz CT molecular complexity index is 845. The molecule has 0 saturated carbocycles. The minimum Gasteiger partial charge on any atom is -0.444 e. The van der Waals surface area contributed by atoms with Crippen LogP contribution in [0.5, 0.6) is 0 Å². The van der Waals surface area contributed by atoms with Gasteiger partial charge in [-0.05, 0) is 83.9 Å².